The van der Waals surface area contributed by atoms with E-state index in [4.69, 9.17) is 17.3 Å². The summed E-state index contributed by atoms with van der Waals surface area (Å²) in [5, 5.41) is 0.549. The van der Waals surface area contributed by atoms with E-state index in [1.165, 1.54) is 6.07 Å². The average Bonchev–Trinajstić information content (AvgIpc) is 2.91. The molecule has 0 saturated heterocycles. The third-order valence-corrected chi connectivity index (χ3v) is 2.68. The van der Waals surface area contributed by atoms with Gasteiger partial charge < -0.3 is 5.73 Å². The van der Waals surface area contributed by atoms with Gasteiger partial charge in [0.25, 0.3) is 0 Å². The van der Waals surface area contributed by atoms with Crippen LogP contribution in [0.25, 0.3) is 0 Å². The van der Waals surface area contributed by atoms with Crippen LogP contribution in [0.3, 0.4) is 0 Å². The van der Waals surface area contributed by atoms with Crippen LogP contribution in [0.15, 0.2) is 18.2 Å². The van der Waals surface area contributed by atoms with Crippen molar-refractivity contribution in [1.29, 1.82) is 0 Å². The van der Waals surface area contributed by atoms with E-state index in [0.717, 1.165) is 12.8 Å². The van der Waals surface area contributed by atoms with Crippen LogP contribution in [-0.4, -0.2) is 0 Å². The van der Waals surface area contributed by atoms with E-state index >= 15 is 0 Å². The number of rotatable bonds is 2. The van der Waals surface area contributed by atoms with Crippen LogP contribution < -0.4 is 5.73 Å². The smallest absolute Gasteiger partial charge is 0.128 e. The lowest BCUT2D eigenvalue weighted by atomic mass is 10.0. The standard InChI is InChI=1S/C10H11ClFN/c11-7-3-4-9(12)8(5-7)10(13)6-1-2-6/h3-6,10H,1-2,13H2/t10-/m1/s1. The number of halogens is 2. The predicted molar refractivity (Wildman–Crippen MR) is 51.1 cm³/mol. The molecule has 0 radical (unpaired) electrons. The molecule has 0 aromatic heterocycles. The molecule has 1 fully saturated rings. The van der Waals surface area contributed by atoms with Gasteiger partial charge in [-0.05, 0) is 37.0 Å². The third-order valence-electron chi connectivity index (χ3n) is 2.45. The lowest BCUT2D eigenvalue weighted by molar-refractivity contribution is 0.554. The number of nitrogens with two attached hydrogens (primary N) is 1. The van der Waals surface area contributed by atoms with Crippen LogP contribution in [0.4, 0.5) is 4.39 Å². The summed E-state index contributed by atoms with van der Waals surface area (Å²) in [5.74, 6) is 0.205. The molecule has 1 aliphatic carbocycles. The van der Waals surface area contributed by atoms with Crippen molar-refractivity contribution in [3.8, 4) is 0 Å². The van der Waals surface area contributed by atoms with E-state index in [2.05, 4.69) is 0 Å². The normalized spacial score (nSPS) is 18.7. The maximum Gasteiger partial charge on any atom is 0.128 e. The highest BCUT2D eigenvalue weighted by atomic mass is 35.5. The summed E-state index contributed by atoms with van der Waals surface area (Å²) in [6.07, 6.45) is 2.21. The van der Waals surface area contributed by atoms with Gasteiger partial charge in [-0.15, -0.1) is 0 Å². The Morgan fingerprint density at radius 2 is 2.15 bits per heavy atom. The second-order valence-electron chi connectivity index (χ2n) is 3.53. The van der Waals surface area contributed by atoms with Crippen molar-refractivity contribution in [3.05, 3.63) is 34.6 Å². The van der Waals surface area contributed by atoms with Gasteiger partial charge >= 0.3 is 0 Å². The first-order valence-corrected chi connectivity index (χ1v) is 4.77. The van der Waals surface area contributed by atoms with E-state index in [0.29, 0.717) is 16.5 Å². The van der Waals surface area contributed by atoms with Crippen molar-refractivity contribution < 1.29 is 4.39 Å². The Morgan fingerprint density at radius 3 is 2.77 bits per heavy atom. The number of hydrogen-bond donors (Lipinski definition) is 1. The maximum absolute atomic E-state index is 13.3. The molecule has 1 atom stereocenters. The minimum Gasteiger partial charge on any atom is -0.324 e. The van der Waals surface area contributed by atoms with Gasteiger partial charge in [-0.3, -0.25) is 0 Å². The minimum absolute atomic E-state index is 0.182. The van der Waals surface area contributed by atoms with E-state index in [-0.39, 0.29) is 11.9 Å². The Bertz CT molecular complexity index is 323. The lowest BCUT2D eigenvalue weighted by Crippen LogP contribution is -2.14. The lowest BCUT2D eigenvalue weighted by Gasteiger charge is -2.11. The fourth-order valence-corrected chi connectivity index (χ4v) is 1.66. The Kier molecular flexibility index (Phi) is 2.26. The molecular weight excluding hydrogens is 189 g/mol. The van der Waals surface area contributed by atoms with Crippen LogP contribution in [0, 0.1) is 11.7 Å². The molecule has 0 aliphatic heterocycles. The summed E-state index contributed by atoms with van der Waals surface area (Å²) >= 11 is 5.76. The van der Waals surface area contributed by atoms with Crippen LogP contribution in [0.2, 0.25) is 5.02 Å². The summed E-state index contributed by atoms with van der Waals surface area (Å²) in [6, 6.07) is 4.36. The van der Waals surface area contributed by atoms with Crippen molar-refractivity contribution >= 4 is 11.6 Å². The van der Waals surface area contributed by atoms with Gasteiger partial charge in [0, 0.05) is 16.6 Å². The Balaban J connectivity index is 2.31. The SMILES string of the molecule is N[C@@H](c1cc(Cl)ccc1F)C1CC1. The van der Waals surface area contributed by atoms with Gasteiger partial charge in [0.15, 0.2) is 0 Å². The molecular formula is C10H11ClFN. The van der Waals surface area contributed by atoms with Crippen LogP contribution in [0.1, 0.15) is 24.4 Å². The Morgan fingerprint density at radius 1 is 1.46 bits per heavy atom. The van der Waals surface area contributed by atoms with E-state index < -0.39 is 0 Å². The van der Waals surface area contributed by atoms with Gasteiger partial charge in [0.1, 0.15) is 5.82 Å². The molecule has 2 N–H and O–H groups in total. The molecule has 0 unspecified atom stereocenters. The molecule has 1 saturated carbocycles. The molecule has 1 aromatic rings. The minimum atomic E-state index is -0.246. The van der Waals surface area contributed by atoms with Crippen LogP contribution >= 0.6 is 11.6 Å². The first kappa shape index (κ1) is 8.97. The highest BCUT2D eigenvalue weighted by molar-refractivity contribution is 6.30. The molecule has 13 heavy (non-hydrogen) atoms. The second kappa shape index (κ2) is 3.28. The first-order valence-electron chi connectivity index (χ1n) is 4.39. The highest BCUT2D eigenvalue weighted by Crippen LogP contribution is 2.40. The molecule has 3 heteroatoms. The molecule has 1 nitrogen and oxygen atoms in total. The van der Waals surface area contributed by atoms with Gasteiger partial charge in [0.05, 0.1) is 0 Å². The quantitative estimate of drug-likeness (QED) is 0.779. The molecule has 0 heterocycles. The Hall–Kier alpha value is -0.600. The predicted octanol–water partition coefficient (Wildman–Crippen LogP) is 2.89. The largest absolute Gasteiger partial charge is 0.324 e. The zero-order chi connectivity index (χ0) is 9.42. The highest BCUT2D eigenvalue weighted by Gasteiger charge is 2.31. The van der Waals surface area contributed by atoms with E-state index in [1.807, 2.05) is 0 Å². The molecule has 1 aromatic carbocycles. The van der Waals surface area contributed by atoms with Gasteiger partial charge in [-0.25, -0.2) is 4.39 Å². The van der Waals surface area contributed by atoms with Crippen molar-refractivity contribution in [1.82, 2.24) is 0 Å². The molecule has 1 aliphatic rings. The summed E-state index contributed by atoms with van der Waals surface area (Å²) in [5.41, 5.74) is 6.42. The molecule has 70 valence electrons. The van der Waals surface area contributed by atoms with Crippen molar-refractivity contribution in [2.75, 3.05) is 0 Å². The fourth-order valence-electron chi connectivity index (χ4n) is 1.48. The first-order chi connectivity index (χ1) is 6.18. The second-order valence-corrected chi connectivity index (χ2v) is 3.97. The summed E-state index contributed by atoms with van der Waals surface area (Å²) < 4.78 is 13.3. The van der Waals surface area contributed by atoms with Crippen molar-refractivity contribution in [2.45, 2.75) is 18.9 Å². The van der Waals surface area contributed by atoms with Crippen LogP contribution in [0.5, 0.6) is 0 Å². The number of hydrogen-bond acceptors (Lipinski definition) is 1. The Labute approximate surface area is 81.7 Å². The zero-order valence-electron chi connectivity index (χ0n) is 7.13. The van der Waals surface area contributed by atoms with Gasteiger partial charge in [-0.1, -0.05) is 11.6 Å². The van der Waals surface area contributed by atoms with Crippen molar-refractivity contribution in [3.63, 3.8) is 0 Å². The topological polar surface area (TPSA) is 26.0 Å². The monoisotopic (exact) mass is 199 g/mol. The molecule has 0 amide bonds. The van der Waals surface area contributed by atoms with E-state index in [9.17, 15) is 4.39 Å². The molecule has 0 spiro atoms. The maximum atomic E-state index is 13.3. The average molecular weight is 200 g/mol. The van der Waals surface area contributed by atoms with Crippen LogP contribution in [-0.2, 0) is 0 Å². The summed E-state index contributed by atoms with van der Waals surface area (Å²) in [6.45, 7) is 0. The number of benzene rings is 1. The van der Waals surface area contributed by atoms with E-state index in [1.54, 1.807) is 12.1 Å². The summed E-state index contributed by atoms with van der Waals surface area (Å²) in [7, 11) is 0. The van der Waals surface area contributed by atoms with Gasteiger partial charge in [0.2, 0.25) is 0 Å². The third kappa shape index (κ3) is 1.84. The fraction of sp³-hybridized carbons (Fsp3) is 0.400. The van der Waals surface area contributed by atoms with Crippen molar-refractivity contribution in [2.24, 2.45) is 11.7 Å². The summed E-state index contributed by atoms with van der Waals surface area (Å²) in [4.78, 5) is 0. The molecule has 2 rings (SSSR count). The van der Waals surface area contributed by atoms with Gasteiger partial charge in [-0.2, -0.15) is 0 Å². The zero-order valence-corrected chi connectivity index (χ0v) is 7.89. The molecule has 0 bridgehead atoms.